The third-order valence-electron chi connectivity index (χ3n) is 3.49. The molecule has 2 aromatic rings. The number of rotatable bonds is 7. The van der Waals surface area contributed by atoms with Gasteiger partial charge in [-0.2, -0.15) is 0 Å². The van der Waals surface area contributed by atoms with E-state index in [1.807, 2.05) is 0 Å². The van der Waals surface area contributed by atoms with Gasteiger partial charge in [-0.05, 0) is 18.1 Å². The van der Waals surface area contributed by atoms with Crippen molar-refractivity contribution in [2.24, 2.45) is 5.92 Å². The van der Waals surface area contributed by atoms with Gasteiger partial charge in [0.05, 0.1) is 12.2 Å². The number of hydrogen-bond donors (Lipinski definition) is 1. The van der Waals surface area contributed by atoms with Gasteiger partial charge < -0.3 is 9.84 Å². The molecular formula is C15H18ClN3O3. The largest absolute Gasteiger partial charge is 0.478 e. The molecule has 0 radical (unpaired) electrons. The van der Waals surface area contributed by atoms with Crippen LogP contribution in [-0.2, 0) is 0 Å². The molecule has 2 rings (SSSR count). The summed E-state index contributed by atoms with van der Waals surface area (Å²) in [6.45, 7) is 4.88. The summed E-state index contributed by atoms with van der Waals surface area (Å²) in [6, 6.07) is 4.69. The number of ether oxygens (including phenoxy) is 1. The number of nitrogens with zero attached hydrogens (tertiary/aromatic N) is 3. The van der Waals surface area contributed by atoms with Crippen molar-refractivity contribution in [1.29, 1.82) is 0 Å². The molecule has 7 heteroatoms. The van der Waals surface area contributed by atoms with Gasteiger partial charge in [0.2, 0.25) is 5.88 Å². The van der Waals surface area contributed by atoms with Crippen LogP contribution in [0.4, 0.5) is 0 Å². The quantitative estimate of drug-likeness (QED) is 0.790. The highest BCUT2D eigenvalue weighted by molar-refractivity contribution is 6.32. The minimum atomic E-state index is -1.11. The number of carboxylic acids is 1. The zero-order valence-electron chi connectivity index (χ0n) is 12.5. The summed E-state index contributed by atoms with van der Waals surface area (Å²) in [7, 11) is 0. The smallest absolute Gasteiger partial charge is 0.338 e. The van der Waals surface area contributed by atoms with E-state index in [0.717, 1.165) is 12.8 Å². The molecule has 22 heavy (non-hydrogen) atoms. The van der Waals surface area contributed by atoms with Gasteiger partial charge in [-0.25, -0.2) is 14.5 Å². The maximum atomic E-state index is 10.9. The third kappa shape index (κ3) is 3.76. The molecule has 0 saturated heterocycles. The fraction of sp³-hybridized carbons (Fsp3) is 0.400. The average molecular weight is 324 g/mol. The first kappa shape index (κ1) is 16.3. The van der Waals surface area contributed by atoms with E-state index in [2.05, 4.69) is 23.9 Å². The molecule has 0 aliphatic rings. The Labute approximate surface area is 133 Å². The molecule has 0 fully saturated rings. The lowest BCUT2D eigenvalue weighted by molar-refractivity contribution is 0.0696. The Morgan fingerprint density at radius 2 is 2.09 bits per heavy atom. The number of aromatic carboxylic acids is 1. The molecule has 0 bridgehead atoms. The topological polar surface area (TPSA) is 77.2 Å². The first-order chi connectivity index (χ1) is 10.5. The lowest BCUT2D eigenvalue weighted by Gasteiger charge is -2.11. The number of carboxylic acid groups (broad SMARTS) is 1. The number of carbonyl (C=O) groups is 1. The Hall–Kier alpha value is -2.08. The molecular weight excluding hydrogens is 306 g/mol. The molecule has 0 aliphatic carbocycles. The maximum absolute atomic E-state index is 10.9. The summed E-state index contributed by atoms with van der Waals surface area (Å²) in [5.74, 6) is 0.339. The number of pyridine rings is 1. The predicted octanol–water partition coefficient (Wildman–Crippen LogP) is 3.43. The van der Waals surface area contributed by atoms with Gasteiger partial charge in [0.1, 0.15) is 5.15 Å². The zero-order valence-corrected chi connectivity index (χ0v) is 13.2. The summed E-state index contributed by atoms with van der Waals surface area (Å²) in [5, 5.41) is 13.1. The highest BCUT2D eigenvalue weighted by Crippen LogP contribution is 2.18. The van der Waals surface area contributed by atoms with E-state index in [1.54, 1.807) is 18.3 Å². The molecule has 0 atom stereocenters. The first-order valence-corrected chi connectivity index (χ1v) is 7.51. The van der Waals surface area contributed by atoms with Crippen molar-refractivity contribution in [1.82, 2.24) is 14.8 Å². The number of halogens is 1. The summed E-state index contributed by atoms with van der Waals surface area (Å²) in [4.78, 5) is 14.9. The van der Waals surface area contributed by atoms with Crippen LogP contribution in [0.5, 0.6) is 5.88 Å². The fourth-order valence-electron chi connectivity index (χ4n) is 1.95. The Kier molecular flexibility index (Phi) is 5.38. The van der Waals surface area contributed by atoms with E-state index in [4.69, 9.17) is 21.4 Å². The van der Waals surface area contributed by atoms with Crippen molar-refractivity contribution in [3.63, 3.8) is 0 Å². The van der Waals surface area contributed by atoms with Gasteiger partial charge in [0.25, 0.3) is 0 Å². The van der Waals surface area contributed by atoms with Crippen LogP contribution in [0.3, 0.4) is 0 Å². The van der Waals surface area contributed by atoms with Gasteiger partial charge in [-0.1, -0.05) is 38.3 Å². The second kappa shape index (κ2) is 7.26. The molecule has 6 nitrogen and oxygen atoms in total. The molecule has 0 saturated carbocycles. The maximum Gasteiger partial charge on any atom is 0.338 e. The van der Waals surface area contributed by atoms with Crippen molar-refractivity contribution in [3.8, 4) is 11.7 Å². The van der Waals surface area contributed by atoms with E-state index < -0.39 is 5.97 Å². The second-order valence-electron chi connectivity index (χ2n) is 4.91. The standard InChI is InChI=1S/C15H18ClN3O3/c1-3-10(4-2)9-22-13-7-8-19(18-13)12-6-5-11(15(20)21)14(16)17-12/h5-8,10H,3-4,9H2,1-2H3,(H,20,21). The van der Waals surface area contributed by atoms with Crippen LogP contribution >= 0.6 is 11.6 Å². The molecule has 0 aliphatic heterocycles. The Morgan fingerprint density at radius 3 is 2.68 bits per heavy atom. The summed E-state index contributed by atoms with van der Waals surface area (Å²) in [5.41, 5.74) is -0.0391. The molecule has 2 aromatic heterocycles. The van der Waals surface area contributed by atoms with E-state index in [1.165, 1.54) is 10.7 Å². The lowest BCUT2D eigenvalue weighted by atomic mass is 10.1. The number of aromatic nitrogens is 3. The fourth-order valence-corrected chi connectivity index (χ4v) is 2.18. The minimum Gasteiger partial charge on any atom is -0.478 e. The van der Waals surface area contributed by atoms with Crippen molar-refractivity contribution in [3.05, 3.63) is 35.1 Å². The molecule has 0 aromatic carbocycles. The van der Waals surface area contributed by atoms with Crippen LogP contribution in [-0.4, -0.2) is 32.4 Å². The number of hydrogen-bond acceptors (Lipinski definition) is 4. The average Bonchev–Trinajstić information content (AvgIpc) is 2.96. The summed E-state index contributed by atoms with van der Waals surface area (Å²) in [6.07, 6.45) is 3.82. The van der Waals surface area contributed by atoms with Crippen LogP contribution < -0.4 is 4.74 Å². The van der Waals surface area contributed by atoms with E-state index >= 15 is 0 Å². The van der Waals surface area contributed by atoms with Gasteiger partial charge >= 0.3 is 5.97 Å². The monoisotopic (exact) mass is 323 g/mol. The van der Waals surface area contributed by atoms with Crippen molar-refractivity contribution < 1.29 is 14.6 Å². The lowest BCUT2D eigenvalue weighted by Crippen LogP contribution is -2.10. The van der Waals surface area contributed by atoms with Crippen LogP contribution in [0.2, 0.25) is 5.15 Å². The molecule has 0 unspecified atom stereocenters. The van der Waals surface area contributed by atoms with Crippen molar-refractivity contribution >= 4 is 17.6 Å². The van der Waals surface area contributed by atoms with E-state index in [0.29, 0.717) is 24.2 Å². The highest BCUT2D eigenvalue weighted by Gasteiger charge is 2.12. The van der Waals surface area contributed by atoms with Gasteiger partial charge in [-0.3, -0.25) is 0 Å². The van der Waals surface area contributed by atoms with Gasteiger partial charge in [0, 0.05) is 12.3 Å². The van der Waals surface area contributed by atoms with E-state index in [-0.39, 0.29) is 10.7 Å². The van der Waals surface area contributed by atoms with Crippen LogP contribution in [0, 0.1) is 5.92 Å². The molecule has 2 heterocycles. The van der Waals surface area contributed by atoms with E-state index in [9.17, 15) is 4.79 Å². The first-order valence-electron chi connectivity index (χ1n) is 7.13. The normalized spacial score (nSPS) is 10.9. The molecule has 0 spiro atoms. The Balaban J connectivity index is 2.11. The predicted molar refractivity (Wildman–Crippen MR) is 82.9 cm³/mol. The van der Waals surface area contributed by atoms with Crippen molar-refractivity contribution in [2.75, 3.05) is 6.61 Å². The molecule has 0 amide bonds. The third-order valence-corrected chi connectivity index (χ3v) is 3.77. The molecule has 1 N–H and O–H groups in total. The SMILES string of the molecule is CCC(CC)COc1ccn(-c2ccc(C(=O)O)c(Cl)n2)n1. The summed E-state index contributed by atoms with van der Waals surface area (Å²) < 4.78 is 7.16. The molecule has 118 valence electrons. The van der Waals surface area contributed by atoms with Crippen LogP contribution in [0.1, 0.15) is 37.0 Å². The minimum absolute atomic E-state index is 0.0391. The van der Waals surface area contributed by atoms with Crippen molar-refractivity contribution in [2.45, 2.75) is 26.7 Å². The second-order valence-corrected chi connectivity index (χ2v) is 5.26. The Bertz CT molecular complexity index is 653. The summed E-state index contributed by atoms with van der Waals surface area (Å²) >= 11 is 5.86. The Morgan fingerprint density at radius 1 is 1.36 bits per heavy atom. The van der Waals surface area contributed by atoms with Crippen LogP contribution in [0.25, 0.3) is 5.82 Å². The van der Waals surface area contributed by atoms with Gasteiger partial charge in [-0.15, -0.1) is 5.10 Å². The van der Waals surface area contributed by atoms with Crippen LogP contribution in [0.15, 0.2) is 24.4 Å². The van der Waals surface area contributed by atoms with Gasteiger partial charge in [0.15, 0.2) is 5.82 Å². The zero-order chi connectivity index (χ0) is 16.1. The highest BCUT2D eigenvalue weighted by atomic mass is 35.5.